The van der Waals surface area contributed by atoms with Crippen LogP contribution in [0.3, 0.4) is 0 Å². The fraction of sp³-hybridized carbons (Fsp3) is 0.273. The number of carbonyl (C=O) groups excluding carboxylic acids is 1. The van der Waals surface area contributed by atoms with Crippen LogP contribution < -0.4 is 20.3 Å². The maximum absolute atomic E-state index is 11.6. The van der Waals surface area contributed by atoms with Gasteiger partial charge in [-0.15, -0.1) is 0 Å². The summed E-state index contributed by atoms with van der Waals surface area (Å²) in [6.45, 7) is 7.46. The quantitative estimate of drug-likeness (QED) is 0.540. The molecule has 2 N–H and O–H groups in total. The monoisotopic (exact) mass is 438 g/mol. The number of ether oxygens (including phenoxy) is 1. The van der Waals surface area contributed by atoms with Crippen LogP contribution in [-0.2, 0) is 4.79 Å². The van der Waals surface area contributed by atoms with E-state index < -0.39 is 0 Å². The highest BCUT2D eigenvalue weighted by Gasteiger charge is 2.25. The second-order valence-corrected chi connectivity index (χ2v) is 7.53. The van der Waals surface area contributed by atoms with Crippen LogP contribution in [-0.4, -0.2) is 46.6 Å². The van der Waals surface area contributed by atoms with E-state index in [9.17, 15) is 4.79 Å². The van der Waals surface area contributed by atoms with Gasteiger partial charge in [0.1, 0.15) is 10.8 Å². The van der Waals surface area contributed by atoms with E-state index >= 15 is 0 Å². The van der Waals surface area contributed by atoms with Gasteiger partial charge in [-0.25, -0.2) is 9.97 Å². The molecular formula is C22H23ClN6O2. The average molecular weight is 439 g/mol. The first-order valence-electron chi connectivity index (χ1n) is 10.1. The number of nitrogens with zero attached hydrogens (tertiary/aromatic N) is 4. The van der Waals surface area contributed by atoms with Crippen LogP contribution in [0, 0.1) is 0 Å². The molecule has 0 saturated carbocycles. The number of nitrogens with one attached hydrogen (secondary N) is 2. The summed E-state index contributed by atoms with van der Waals surface area (Å²) in [6, 6.07) is 7.89. The zero-order valence-corrected chi connectivity index (χ0v) is 17.9. The predicted molar refractivity (Wildman–Crippen MR) is 123 cm³/mol. The number of amides is 1. The summed E-state index contributed by atoms with van der Waals surface area (Å²) in [5.74, 6) is 1.55. The Hall–Kier alpha value is -3.39. The molecule has 160 valence electrons. The van der Waals surface area contributed by atoms with Crippen molar-refractivity contribution in [2.45, 2.75) is 19.4 Å². The number of hydrogen-bond donors (Lipinski definition) is 2. The Bertz CT molecular complexity index is 1120. The molecule has 3 aromatic rings. The summed E-state index contributed by atoms with van der Waals surface area (Å²) in [6.07, 6.45) is 5.50. The number of halogens is 1. The fourth-order valence-corrected chi connectivity index (χ4v) is 3.74. The molecule has 0 radical (unpaired) electrons. The molecule has 1 fully saturated rings. The van der Waals surface area contributed by atoms with Crippen LogP contribution in [0.1, 0.15) is 13.3 Å². The number of carbonyl (C=O) groups is 1. The van der Waals surface area contributed by atoms with E-state index in [2.05, 4.69) is 37.1 Å². The van der Waals surface area contributed by atoms with Gasteiger partial charge in [-0.3, -0.25) is 4.79 Å². The summed E-state index contributed by atoms with van der Waals surface area (Å²) in [4.78, 5) is 27.0. The third-order valence-corrected chi connectivity index (χ3v) is 5.27. The van der Waals surface area contributed by atoms with Gasteiger partial charge in [-0.05, 0) is 49.1 Å². The Morgan fingerprint density at radius 1 is 1.39 bits per heavy atom. The number of aromatic nitrogens is 3. The van der Waals surface area contributed by atoms with Gasteiger partial charge in [0.25, 0.3) is 0 Å². The third kappa shape index (κ3) is 4.69. The first kappa shape index (κ1) is 20.9. The molecule has 1 saturated heterocycles. The largest absolute Gasteiger partial charge is 0.477 e. The minimum absolute atomic E-state index is 0.166. The summed E-state index contributed by atoms with van der Waals surface area (Å²) in [5, 5.41) is 8.58. The molecule has 2 aromatic heterocycles. The third-order valence-electron chi connectivity index (χ3n) is 5.01. The summed E-state index contributed by atoms with van der Waals surface area (Å²) in [5.41, 5.74) is 0.723. The average Bonchev–Trinajstić information content (AvgIpc) is 3.24. The van der Waals surface area contributed by atoms with Crippen molar-refractivity contribution < 1.29 is 9.53 Å². The second kappa shape index (κ2) is 9.18. The molecule has 1 unspecified atom stereocenters. The van der Waals surface area contributed by atoms with Crippen molar-refractivity contribution in [2.75, 3.05) is 35.2 Å². The van der Waals surface area contributed by atoms with Crippen LogP contribution in [0.5, 0.6) is 5.88 Å². The lowest BCUT2D eigenvalue weighted by molar-refractivity contribution is -0.111. The van der Waals surface area contributed by atoms with Crippen LogP contribution in [0.15, 0.2) is 49.3 Å². The Balaban J connectivity index is 1.49. The summed E-state index contributed by atoms with van der Waals surface area (Å²) in [7, 11) is 0. The number of rotatable bonds is 7. The molecule has 0 aliphatic carbocycles. The van der Waals surface area contributed by atoms with E-state index in [0.29, 0.717) is 23.5 Å². The van der Waals surface area contributed by atoms with E-state index in [1.54, 1.807) is 12.4 Å². The number of pyridine rings is 1. The Kier molecular flexibility index (Phi) is 6.18. The van der Waals surface area contributed by atoms with Gasteiger partial charge in [0.2, 0.25) is 17.7 Å². The first-order chi connectivity index (χ1) is 15.1. The molecule has 0 spiro atoms. The minimum atomic E-state index is -0.237. The highest BCUT2D eigenvalue weighted by molar-refractivity contribution is 6.31. The van der Waals surface area contributed by atoms with Crippen molar-refractivity contribution in [1.29, 1.82) is 0 Å². The maximum Gasteiger partial charge on any atom is 0.247 e. The second-order valence-electron chi connectivity index (χ2n) is 7.12. The molecular weight excluding hydrogens is 416 g/mol. The molecule has 8 nitrogen and oxygen atoms in total. The molecule has 1 aliphatic rings. The van der Waals surface area contributed by atoms with E-state index in [0.717, 1.165) is 41.8 Å². The Morgan fingerprint density at radius 2 is 2.26 bits per heavy atom. The normalized spacial score (nSPS) is 15.7. The smallest absolute Gasteiger partial charge is 0.247 e. The van der Waals surface area contributed by atoms with E-state index in [1.165, 1.54) is 6.08 Å². The number of benzene rings is 1. The van der Waals surface area contributed by atoms with Gasteiger partial charge < -0.3 is 20.3 Å². The van der Waals surface area contributed by atoms with Crippen molar-refractivity contribution in [3.63, 3.8) is 0 Å². The van der Waals surface area contributed by atoms with Crippen molar-refractivity contribution in [3.8, 4) is 5.88 Å². The molecule has 1 atom stereocenters. The zero-order valence-electron chi connectivity index (χ0n) is 17.1. The lowest BCUT2D eigenvalue weighted by Gasteiger charge is -2.20. The molecule has 4 rings (SSSR count). The predicted octanol–water partition coefficient (Wildman–Crippen LogP) is 3.89. The minimum Gasteiger partial charge on any atom is -0.477 e. The van der Waals surface area contributed by atoms with Crippen LogP contribution in [0.25, 0.3) is 10.8 Å². The molecule has 3 heterocycles. The number of anilines is 3. The standard InChI is InChI=1S/C22H23ClN6O2/c1-3-19(30)26-15-5-6-17-14(11-15)7-9-24-20(17)29-10-8-16(13-29)27-22-25-12-18(23)21(28-22)31-4-2/h3,5-7,9,11-12,16H,1,4,8,10,13H2,2H3,(H,26,30)(H,25,27,28). The van der Waals surface area contributed by atoms with Gasteiger partial charge in [0.15, 0.2) is 0 Å². The van der Waals surface area contributed by atoms with Gasteiger partial charge >= 0.3 is 0 Å². The van der Waals surface area contributed by atoms with Gasteiger partial charge in [-0.1, -0.05) is 18.2 Å². The van der Waals surface area contributed by atoms with E-state index in [1.807, 2.05) is 31.2 Å². The summed E-state index contributed by atoms with van der Waals surface area (Å²) < 4.78 is 5.45. The van der Waals surface area contributed by atoms with E-state index in [4.69, 9.17) is 16.3 Å². The van der Waals surface area contributed by atoms with Gasteiger partial charge in [-0.2, -0.15) is 4.98 Å². The molecule has 9 heteroatoms. The molecule has 0 bridgehead atoms. The lowest BCUT2D eigenvalue weighted by Crippen LogP contribution is -2.27. The maximum atomic E-state index is 11.6. The van der Waals surface area contributed by atoms with Crippen molar-refractivity contribution >= 4 is 45.7 Å². The number of hydrogen-bond acceptors (Lipinski definition) is 7. The van der Waals surface area contributed by atoms with Crippen LogP contribution in [0.4, 0.5) is 17.5 Å². The SMILES string of the molecule is C=CC(=O)Nc1ccc2c(N3CCC(Nc4ncc(Cl)c(OCC)n4)C3)nccc2c1. The van der Waals surface area contributed by atoms with Crippen molar-refractivity contribution in [2.24, 2.45) is 0 Å². The first-order valence-corrected chi connectivity index (χ1v) is 10.4. The van der Waals surface area contributed by atoms with Crippen molar-refractivity contribution in [3.05, 3.63) is 54.3 Å². The Labute approximate surface area is 185 Å². The fourth-order valence-electron chi connectivity index (χ4n) is 3.60. The molecule has 1 amide bonds. The molecule has 1 aliphatic heterocycles. The highest BCUT2D eigenvalue weighted by Crippen LogP contribution is 2.30. The Morgan fingerprint density at radius 3 is 3.06 bits per heavy atom. The molecule has 31 heavy (non-hydrogen) atoms. The van der Waals surface area contributed by atoms with Gasteiger partial charge in [0, 0.05) is 36.4 Å². The van der Waals surface area contributed by atoms with Crippen molar-refractivity contribution in [1.82, 2.24) is 15.0 Å². The summed E-state index contributed by atoms with van der Waals surface area (Å²) >= 11 is 6.08. The zero-order chi connectivity index (χ0) is 21.8. The lowest BCUT2D eigenvalue weighted by atomic mass is 10.1. The highest BCUT2D eigenvalue weighted by atomic mass is 35.5. The molecule has 1 aromatic carbocycles. The van der Waals surface area contributed by atoms with Gasteiger partial charge in [0.05, 0.1) is 12.8 Å². The van der Waals surface area contributed by atoms with E-state index in [-0.39, 0.29) is 11.9 Å². The number of fused-ring (bicyclic) bond motifs is 1. The topological polar surface area (TPSA) is 92.3 Å². The van der Waals surface area contributed by atoms with Crippen LogP contribution in [0.2, 0.25) is 5.02 Å². The van der Waals surface area contributed by atoms with Crippen LogP contribution >= 0.6 is 11.6 Å².